The van der Waals surface area contributed by atoms with Gasteiger partial charge in [0.1, 0.15) is 29.4 Å². The van der Waals surface area contributed by atoms with Crippen molar-refractivity contribution in [2.75, 3.05) is 20.8 Å². The highest BCUT2D eigenvalue weighted by Gasteiger charge is 2.39. The van der Waals surface area contributed by atoms with Crippen LogP contribution in [0.2, 0.25) is 0 Å². The molecule has 0 aromatic heterocycles. The number of hydrogen-bond acceptors (Lipinski definition) is 5. The predicted molar refractivity (Wildman–Crippen MR) is 99.7 cm³/mol. The summed E-state index contributed by atoms with van der Waals surface area (Å²) in [4.78, 5) is 11.6. The molecule has 0 bridgehead atoms. The SMILES string of the molecule is CO/C=C(C(=O)OC)\C(=C/COc1ccc(Oc2ccccc2)cc1)C(F)(F)F. The normalized spacial score (nSPS) is 12.3. The summed E-state index contributed by atoms with van der Waals surface area (Å²) in [7, 11) is 2.11. The zero-order chi connectivity index (χ0) is 21.3. The van der Waals surface area contributed by atoms with Crippen molar-refractivity contribution < 1.29 is 36.9 Å². The second kappa shape index (κ2) is 10.2. The number of rotatable bonds is 8. The Hall–Kier alpha value is -3.42. The highest BCUT2D eigenvalue weighted by molar-refractivity contribution is 5.93. The Bertz CT molecular complexity index is 856. The lowest BCUT2D eigenvalue weighted by Gasteiger charge is -2.14. The van der Waals surface area contributed by atoms with Crippen molar-refractivity contribution in [2.45, 2.75) is 6.18 Å². The van der Waals surface area contributed by atoms with Crippen LogP contribution in [0.25, 0.3) is 0 Å². The maximum atomic E-state index is 13.3. The molecule has 0 aliphatic rings. The third kappa shape index (κ3) is 6.60. The molecule has 0 amide bonds. The van der Waals surface area contributed by atoms with Crippen LogP contribution in [0.3, 0.4) is 0 Å². The van der Waals surface area contributed by atoms with Crippen LogP contribution in [0.1, 0.15) is 0 Å². The molecule has 2 aromatic rings. The van der Waals surface area contributed by atoms with Gasteiger partial charge in [-0.15, -0.1) is 0 Å². The minimum Gasteiger partial charge on any atom is -0.503 e. The first-order valence-electron chi connectivity index (χ1n) is 8.40. The third-order valence-electron chi connectivity index (χ3n) is 3.58. The van der Waals surface area contributed by atoms with Gasteiger partial charge in [0.05, 0.1) is 26.1 Å². The fraction of sp³-hybridized carbons (Fsp3) is 0.190. The molecular weight excluding hydrogens is 389 g/mol. The monoisotopic (exact) mass is 408 g/mol. The number of hydrogen-bond donors (Lipinski definition) is 0. The van der Waals surface area contributed by atoms with Crippen LogP contribution in [0, 0.1) is 0 Å². The van der Waals surface area contributed by atoms with Crippen molar-refractivity contribution in [1.82, 2.24) is 0 Å². The van der Waals surface area contributed by atoms with Gasteiger partial charge in [-0.25, -0.2) is 4.79 Å². The molecule has 5 nitrogen and oxygen atoms in total. The van der Waals surface area contributed by atoms with E-state index in [0.717, 1.165) is 20.3 Å². The fourth-order valence-electron chi connectivity index (χ4n) is 2.28. The number of alkyl halides is 3. The van der Waals surface area contributed by atoms with E-state index < -0.39 is 29.9 Å². The zero-order valence-corrected chi connectivity index (χ0v) is 15.7. The van der Waals surface area contributed by atoms with Gasteiger partial charge in [0.2, 0.25) is 0 Å². The second-order valence-electron chi connectivity index (χ2n) is 5.57. The Morgan fingerprint density at radius 1 is 0.931 bits per heavy atom. The van der Waals surface area contributed by atoms with Gasteiger partial charge in [0.15, 0.2) is 0 Å². The van der Waals surface area contributed by atoms with Gasteiger partial charge in [-0.3, -0.25) is 0 Å². The van der Waals surface area contributed by atoms with Gasteiger partial charge < -0.3 is 18.9 Å². The lowest BCUT2D eigenvalue weighted by atomic mass is 10.1. The van der Waals surface area contributed by atoms with Crippen LogP contribution in [0.15, 0.2) is 78.1 Å². The number of esters is 1. The highest BCUT2D eigenvalue weighted by Crippen LogP contribution is 2.32. The third-order valence-corrected chi connectivity index (χ3v) is 3.58. The van der Waals surface area contributed by atoms with E-state index in [2.05, 4.69) is 9.47 Å². The fourth-order valence-corrected chi connectivity index (χ4v) is 2.28. The lowest BCUT2D eigenvalue weighted by Crippen LogP contribution is -2.20. The summed E-state index contributed by atoms with van der Waals surface area (Å²) in [6, 6.07) is 15.5. The van der Waals surface area contributed by atoms with Gasteiger partial charge >= 0.3 is 12.1 Å². The molecule has 2 rings (SSSR count). The summed E-state index contributed by atoms with van der Waals surface area (Å²) in [5, 5.41) is 0. The molecule has 2 aromatic carbocycles. The Labute approximate surface area is 166 Å². The second-order valence-corrected chi connectivity index (χ2v) is 5.57. The molecule has 0 fully saturated rings. The standard InChI is InChI=1S/C21H19F3O5/c1-26-14-18(20(25)27-2)19(21(22,23)24)12-13-28-15-8-10-17(11-9-15)29-16-6-4-3-5-7-16/h3-12,14H,13H2,1-2H3/b18-14+,19-12+. The van der Waals surface area contributed by atoms with E-state index in [1.54, 1.807) is 36.4 Å². The first kappa shape index (κ1) is 21.9. The largest absolute Gasteiger partial charge is 0.503 e. The topological polar surface area (TPSA) is 54.0 Å². The van der Waals surface area contributed by atoms with Crippen LogP contribution in [-0.4, -0.2) is 33.0 Å². The molecule has 8 heteroatoms. The van der Waals surface area contributed by atoms with Crippen LogP contribution >= 0.6 is 0 Å². The van der Waals surface area contributed by atoms with Crippen molar-refractivity contribution in [3.05, 3.63) is 78.1 Å². The summed E-state index contributed by atoms with van der Waals surface area (Å²) < 4.78 is 59.9. The summed E-state index contributed by atoms with van der Waals surface area (Å²) in [5.74, 6) is 0.363. The molecule has 0 unspecified atom stereocenters. The molecule has 0 aliphatic carbocycles. The maximum absolute atomic E-state index is 13.3. The van der Waals surface area contributed by atoms with Crippen molar-refractivity contribution in [1.29, 1.82) is 0 Å². The van der Waals surface area contributed by atoms with Crippen LogP contribution in [-0.2, 0) is 14.3 Å². The average molecular weight is 408 g/mol. The molecule has 0 spiro atoms. The Balaban J connectivity index is 2.08. The van der Waals surface area contributed by atoms with E-state index in [1.165, 1.54) is 0 Å². The van der Waals surface area contributed by atoms with Gasteiger partial charge in [0, 0.05) is 0 Å². The minimum absolute atomic E-state index is 0.332. The van der Waals surface area contributed by atoms with Gasteiger partial charge in [-0.2, -0.15) is 13.2 Å². The van der Waals surface area contributed by atoms with E-state index >= 15 is 0 Å². The molecule has 0 saturated carbocycles. The molecule has 0 N–H and O–H groups in total. The van der Waals surface area contributed by atoms with Crippen molar-refractivity contribution in [3.63, 3.8) is 0 Å². The molecule has 0 atom stereocenters. The maximum Gasteiger partial charge on any atom is 0.417 e. The Morgan fingerprint density at radius 3 is 2.07 bits per heavy atom. The Kier molecular flexibility index (Phi) is 7.70. The molecule has 0 radical (unpaired) electrons. The number of ether oxygens (including phenoxy) is 4. The van der Waals surface area contributed by atoms with Crippen LogP contribution in [0.4, 0.5) is 13.2 Å². The lowest BCUT2D eigenvalue weighted by molar-refractivity contribution is -0.138. The zero-order valence-electron chi connectivity index (χ0n) is 15.7. The van der Waals surface area contributed by atoms with E-state index in [9.17, 15) is 18.0 Å². The number of carbonyl (C=O) groups is 1. The van der Waals surface area contributed by atoms with Crippen LogP contribution < -0.4 is 9.47 Å². The highest BCUT2D eigenvalue weighted by atomic mass is 19.4. The van der Waals surface area contributed by atoms with E-state index in [0.29, 0.717) is 23.5 Å². The number of benzene rings is 2. The van der Waals surface area contributed by atoms with Gasteiger partial charge in [-0.05, 0) is 42.5 Å². The summed E-state index contributed by atoms with van der Waals surface area (Å²) in [5.41, 5.74) is -1.96. The first-order valence-corrected chi connectivity index (χ1v) is 8.40. The number of methoxy groups -OCH3 is 2. The molecule has 29 heavy (non-hydrogen) atoms. The molecule has 154 valence electrons. The minimum atomic E-state index is -4.80. The molecule has 0 saturated heterocycles. The van der Waals surface area contributed by atoms with Gasteiger partial charge in [0.25, 0.3) is 0 Å². The molecule has 0 heterocycles. The molecule has 0 aliphatic heterocycles. The average Bonchev–Trinajstić information content (AvgIpc) is 2.70. The quantitative estimate of drug-likeness (QED) is 0.265. The summed E-state index contributed by atoms with van der Waals surface area (Å²) in [6.07, 6.45) is -3.37. The van der Waals surface area contributed by atoms with Crippen molar-refractivity contribution in [2.24, 2.45) is 0 Å². The van der Waals surface area contributed by atoms with Crippen molar-refractivity contribution in [3.8, 4) is 17.2 Å². The van der Waals surface area contributed by atoms with Gasteiger partial charge in [-0.1, -0.05) is 18.2 Å². The number of para-hydroxylation sites is 1. The predicted octanol–water partition coefficient (Wildman–Crippen LogP) is 5.05. The summed E-state index contributed by atoms with van der Waals surface area (Å²) in [6.45, 7) is -0.425. The smallest absolute Gasteiger partial charge is 0.417 e. The first-order chi connectivity index (χ1) is 13.8. The van der Waals surface area contributed by atoms with Crippen LogP contribution in [0.5, 0.6) is 17.2 Å². The van der Waals surface area contributed by atoms with E-state index in [-0.39, 0.29) is 0 Å². The van der Waals surface area contributed by atoms with Crippen molar-refractivity contribution >= 4 is 5.97 Å². The number of carbonyl (C=O) groups excluding carboxylic acids is 1. The Morgan fingerprint density at radius 2 is 1.52 bits per heavy atom. The van der Waals surface area contributed by atoms with E-state index in [1.807, 2.05) is 18.2 Å². The van der Waals surface area contributed by atoms with E-state index in [4.69, 9.17) is 9.47 Å². The molecular formula is C21H19F3O5. The summed E-state index contributed by atoms with van der Waals surface area (Å²) >= 11 is 0. The number of halogens is 3.